The highest BCUT2D eigenvalue weighted by atomic mass is 35.5. The maximum Gasteiger partial charge on any atom is 0.254 e. The summed E-state index contributed by atoms with van der Waals surface area (Å²) in [6.07, 6.45) is 3.27. The van der Waals surface area contributed by atoms with Crippen LogP contribution in [0.4, 0.5) is 0 Å². The second kappa shape index (κ2) is 8.95. The lowest BCUT2D eigenvalue weighted by molar-refractivity contribution is 0.0585. The standard InChI is InChI=1S/C20H21ClN6O2S/c1-29-17-3-2-15(21)12-16(17)18-23-20(30)27(24-18)13-25-8-10-26(11-9-25)19(28)14-4-6-22-7-5-14/h2-7,12H,8-11,13H2,1H3,(H,23,24,30). The van der Waals surface area contributed by atoms with Gasteiger partial charge in [0.25, 0.3) is 5.91 Å². The van der Waals surface area contributed by atoms with Gasteiger partial charge in [-0.05, 0) is 42.5 Å². The molecule has 1 aliphatic rings. The Morgan fingerprint density at radius 3 is 2.63 bits per heavy atom. The number of carbonyl (C=O) groups is 1. The number of H-pyrrole nitrogens is 1. The molecule has 1 aromatic carbocycles. The fraction of sp³-hybridized carbons (Fsp3) is 0.300. The fourth-order valence-corrected chi connectivity index (χ4v) is 3.77. The first-order chi connectivity index (χ1) is 14.5. The maximum atomic E-state index is 12.6. The van der Waals surface area contributed by atoms with E-state index >= 15 is 0 Å². The first-order valence-electron chi connectivity index (χ1n) is 9.47. The monoisotopic (exact) mass is 444 g/mol. The zero-order valence-electron chi connectivity index (χ0n) is 16.4. The Bertz CT molecular complexity index is 1090. The Morgan fingerprint density at radius 2 is 1.93 bits per heavy atom. The van der Waals surface area contributed by atoms with Crippen LogP contribution in [0.2, 0.25) is 5.02 Å². The van der Waals surface area contributed by atoms with Crippen molar-refractivity contribution in [2.75, 3.05) is 33.3 Å². The second-order valence-corrected chi connectivity index (χ2v) is 7.72. The molecule has 156 valence electrons. The van der Waals surface area contributed by atoms with Gasteiger partial charge < -0.3 is 9.64 Å². The number of halogens is 1. The molecular weight excluding hydrogens is 424 g/mol. The average Bonchev–Trinajstić information content (AvgIpc) is 3.14. The number of benzene rings is 1. The highest BCUT2D eigenvalue weighted by molar-refractivity contribution is 7.71. The Morgan fingerprint density at radius 1 is 1.20 bits per heavy atom. The lowest BCUT2D eigenvalue weighted by Gasteiger charge is -2.34. The third kappa shape index (κ3) is 4.38. The fourth-order valence-electron chi connectivity index (χ4n) is 3.41. The summed E-state index contributed by atoms with van der Waals surface area (Å²) in [6, 6.07) is 8.84. The molecule has 1 aliphatic heterocycles. The van der Waals surface area contributed by atoms with Crippen LogP contribution in [0.1, 0.15) is 10.4 Å². The third-order valence-corrected chi connectivity index (χ3v) is 5.57. The van der Waals surface area contributed by atoms with E-state index in [9.17, 15) is 4.79 Å². The summed E-state index contributed by atoms with van der Waals surface area (Å²) in [5, 5.41) is 3.83. The summed E-state index contributed by atoms with van der Waals surface area (Å²) >= 11 is 11.6. The van der Waals surface area contributed by atoms with Crippen molar-refractivity contribution in [3.63, 3.8) is 0 Å². The van der Waals surface area contributed by atoms with E-state index in [0.717, 1.165) is 18.7 Å². The molecule has 0 spiro atoms. The quantitative estimate of drug-likeness (QED) is 0.609. The number of ether oxygens (including phenoxy) is 1. The van der Waals surface area contributed by atoms with Crippen LogP contribution in [-0.2, 0) is 6.67 Å². The Balaban J connectivity index is 1.42. The molecule has 0 bridgehead atoms. The number of amides is 1. The molecule has 10 heteroatoms. The van der Waals surface area contributed by atoms with E-state index in [2.05, 4.69) is 20.0 Å². The summed E-state index contributed by atoms with van der Waals surface area (Å²) in [5.41, 5.74) is 1.41. The minimum atomic E-state index is 0.0329. The van der Waals surface area contributed by atoms with Gasteiger partial charge in [-0.25, -0.2) is 4.68 Å². The van der Waals surface area contributed by atoms with Crippen molar-refractivity contribution in [3.05, 3.63) is 58.1 Å². The molecule has 1 fully saturated rings. The lowest BCUT2D eigenvalue weighted by atomic mass is 10.2. The molecule has 8 nitrogen and oxygen atoms in total. The van der Waals surface area contributed by atoms with Gasteiger partial charge in [-0.2, -0.15) is 4.98 Å². The van der Waals surface area contributed by atoms with Gasteiger partial charge in [-0.3, -0.25) is 19.8 Å². The largest absolute Gasteiger partial charge is 0.496 e. The van der Waals surface area contributed by atoms with Crippen LogP contribution in [0, 0.1) is 4.77 Å². The Labute approximate surface area is 184 Å². The van der Waals surface area contributed by atoms with Crippen LogP contribution in [0.5, 0.6) is 5.75 Å². The van der Waals surface area contributed by atoms with Crippen LogP contribution < -0.4 is 4.74 Å². The Kier molecular flexibility index (Phi) is 6.12. The predicted molar refractivity (Wildman–Crippen MR) is 116 cm³/mol. The minimum Gasteiger partial charge on any atom is -0.496 e. The molecule has 4 rings (SSSR count). The summed E-state index contributed by atoms with van der Waals surface area (Å²) < 4.78 is 7.67. The summed E-state index contributed by atoms with van der Waals surface area (Å²) in [5.74, 6) is 1.30. The van der Waals surface area contributed by atoms with Crippen molar-refractivity contribution in [1.82, 2.24) is 29.5 Å². The molecule has 3 heterocycles. The van der Waals surface area contributed by atoms with Gasteiger partial charge in [0.1, 0.15) is 5.75 Å². The number of aromatic nitrogens is 4. The number of aromatic amines is 1. The van der Waals surface area contributed by atoms with Gasteiger partial charge in [-0.15, -0.1) is 0 Å². The molecule has 3 aromatic rings. The second-order valence-electron chi connectivity index (χ2n) is 6.91. The average molecular weight is 445 g/mol. The first-order valence-corrected chi connectivity index (χ1v) is 10.3. The number of pyridine rings is 1. The molecule has 1 N–H and O–H groups in total. The summed E-state index contributed by atoms with van der Waals surface area (Å²) in [7, 11) is 1.60. The van der Waals surface area contributed by atoms with Gasteiger partial charge in [-0.1, -0.05) is 11.6 Å². The van der Waals surface area contributed by atoms with E-state index in [0.29, 0.717) is 46.7 Å². The van der Waals surface area contributed by atoms with Crippen molar-refractivity contribution in [1.29, 1.82) is 0 Å². The Hall–Kier alpha value is -2.75. The summed E-state index contributed by atoms with van der Waals surface area (Å²) in [4.78, 5) is 25.1. The first kappa shape index (κ1) is 20.5. The van der Waals surface area contributed by atoms with E-state index in [4.69, 9.17) is 28.6 Å². The number of nitrogens with zero attached hydrogens (tertiary/aromatic N) is 5. The van der Waals surface area contributed by atoms with Crippen LogP contribution in [0.3, 0.4) is 0 Å². The van der Waals surface area contributed by atoms with Gasteiger partial charge in [0.15, 0.2) is 5.82 Å². The zero-order valence-corrected chi connectivity index (χ0v) is 18.0. The molecule has 0 radical (unpaired) electrons. The van der Waals surface area contributed by atoms with Gasteiger partial charge >= 0.3 is 0 Å². The number of methoxy groups -OCH3 is 1. The van der Waals surface area contributed by atoms with Gasteiger partial charge in [0.05, 0.1) is 19.3 Å². The third-order valence-electron chi connectivity index (χ3n) is 5.02. The summed E-state index contributed by atoms with van der Waals surface area (Å²) in [6.45, 7) is 3.35. The topological polar surface area (TPSA) is 79.3 Å². The van der Waals surface area contributed by atoms with E-state index < -0.39 is 0 Å². The molecule has 1 saturated heterocycles. The zero-order chi connectivity index (χ0) is 21.1. The number of hydrogen-bond donors (Lipinski definition) is 1. The molecule has 2 aromatic heterocycles. The lowest BCUT2D eigenvalue weighted by Crippen LogP contribution is -2.49. The van der Waals surface area contributed by atoms with Crippen LogP contribution in [0.25, 0.3) is 11.4 Å². The molecular formula is C20H21ClN6O2S. The van der Waals surface area contributed by atoms with Crippen LogP contribution >= 0.6 is 23.8 Å². The highest BCUT2D eigenvalue weighted by Crippen LogP contribution is 2.30. The number of carbonyl (C=O) groups excluding carboxylic acids is 1. The van der Waals surface area contributed by atoms with Crippen molar-refractivity contribution in [2.45, 2.75) is 6.67 Å². The van der Waals surface area contributed by atoms with Crippen LogP contribution in [-0.4, -0.2) is 68.7 Å². The van der Waals surface area contributed by atoms with E-state index in [1.165, 1.54) is 0 Å². The smallest absolute Gasteiger partial charge is 0.254 e. The van der Waals surface area contributed by atoms with E-state index in [1.54, 1.807) is 49.8 Å². The molecule has 1 amide bonds. The normalized spacial score (nSPS) is 14.7. The SMILES string of the molecule is COc1ccc(Cl)cc1-c1nc(=S)n(CN2CCN(C(=O)c3ccncc3)CC2)[nH]1. The predicted octanol–water partition coefficient (Wildman–Crippen LogP) is 3.08. The molecule has 0 aliphatic carbocycles. The van der Waals surface area contributed by atoms with E-state index in [-0.39, 0.29) is 5.91 Å². The number of piperazine rings is 1. The van der Waals surface area contributed by atoms with Gasteiger partial charge in [0, 0.05) is 49.2 Å². The van der Waals surface area contributed by atoms with Crippen molar-refractivity contribution in [2.24, 2.45) is 0 Å². The highest BCUT2D eigenvalue weighted by Gasteiger charge is 2.22. The van der Waals surface area contributed by atoms with Crippen molar-refractivity contribution in [3.8, 4) is 17.1 Å². The number of hydrogen-bond acceptors (Lipinski definition) is 6. The van der Waals surface area contributed by atoms with Crippen molar-refractivity contribution >= 4 is 29.7 Å². The van der Waals surface area contributed by atoms with Crippen molar-refractivity contribution < 1.29 is 9.53 Å². The molecule has 0 unspecified atom stereocenters. The van der Waals surface area contributed by atoms with Gasteiger partial charge in [0.2, 0.25) is 4.77 Å². The van der Waals surface area contributed by atoms with E-state index in [1.807, 2.05) is 9.58 Å². The minimum absolute atomic E-state index is 0.0329. The number of rotatable bonds is 5. The maximum absolute atomic E-state index is 12.6. The van der Waals surface area contributed by atoms with Crippen LogP contribution in [0.15, 0.2) is 42.7 Å². The molecule has 0 saturated carbocycles. The number of nitrogens with one attached hydrogen (secondary N) is 1. The molecule has 30 heavy (non-hydrogen) atoms. The molecule has 0 atom stereocenters.